The third-order valence-corrected chi connectivity index (χ3v) is 5.12. The normalized spacial score (nSPS) is 17.6. The van der Waals surface area contributed by atoms with Crippen molar-refractivity contribution in [1.82, 2.24) is 14.7 Å². The average Bonchev–Trinajstić information content (AvgIpc) is 3.31. The first-order valence-corrected chi connectivity index (χ1v) is 9.20. The lowest BCUT2D eigenvalue weighted by atomic mass is 10.1. The van der Waals surface area contributed by atoms with Crippen molar-refractivity contribution in [2.75, 3.05) is 19.7 Å². The number of hydrogen-bond donors (Lipinski definition) is 0. The second kappa shape index (κ2) is 6.82. The number of benzene rings is 1. The third-order valence-electron chi connectivity index (χ3n) is 4.25. The second-order valence-corrected chi connectivity index (χ2v) is 7.03. The molecule has 3 aromatic rings. The fourth-order valence-electron chi connectivity index (χ4n) is 3.01. The lowest BCUT2D eigenvalue weighted by Gasteiger charge is -2.31. The molecule has 3 heterocycles. The van der Waals surface area contributed by atoms with Gasteiger partial charge in [-0.15, -0.1) is 11.3 Å². The van der Waals surface area contributed by atoms with Gasteiger partial charge in [-0.3, -0.25) is 4.79 Å². The van der Waals surface area contributed by atoms with Gasteiger partial charge in [0.25, 0.3) is 5.91 Å². The Morgan fingerprint density at radius 2 is 2.08 bits per heavy atom. The summed E-state index contributed by atoms with van der Waals surface area (Å²) in [6.07, 6.45) is 1.90. The number of carbonyl (C=O) groups excluding carboxylic acids is 1. The summed E-state index contributed by atoms with van der Waals surface area (Å²) in [6, 6.07) is 13.8. The summed E-state index contributed by atoms with van der Waals surface area (Å²) >= 11 is 1.59. The predicted octanol–water partition coefficient (Wildman–Crippen LogP) is 3.46. The van der Waals surface area contributed by atoms with Crippen molar-refractivity contribution in [3.8, 4) is 16.3 Å². The van der Waals surface area contributed by atoms with Gasteiger partial charge in [-0.25, -0.2) is 4.68 Å². The summed E-state index contributed by atoms with van der Waals surface area (Å²) in [5.41, 5.74) is 2.32. The van der Waals surface area contributed by atoms with Crippen LogP contribution < -0.4 is 0 Å². The Morgan fingerprint density at radius 3 is 2.80 bits per heavy atom. The van der Waals surface area contributed by atoms with E-state index in [1.807, 2.05) is 65.9 Å². The summed E-state index contributed by atoms with van der Waals surface area (Å²) in [5, 5.41) is 6.71. The molecule has 4 rings (SSSR count). The SMILES string of the molecule is C[C@H]1CN(C(=O)c2cn(-c3ccccc3)nc2-c2cccs2)CCO1. The molecule has 1 amide bonds. The lowest BCUT2D eigenvalue weighted by molar-refractivity contribution is -0.0123. The van der Waals surface area contributed by atoms with Crippen molar-refractivity contribution in [1.29, 1.82) is 0 Å². The van der Waals surface area contributed by atoms with Gasteiger partial charge in [-0.1, -0.05) is 24.3 Å². The number of carbonyl (C=O) groups is 1. The molecular weight excluding hydrogens is 334 g/mol. The Bertz CT molecular complexity index is 858. The van der Waals surface area contributed by atoms with Crippen molar-refractivity contribution in [2.45, 2.75) is 13.0 Å². The largest absolute Gasteiger partial charge is 0.375 e. The van der Waals surface area contributed by atoms with Crippen LogP contribution in [-0.4, -0.2) is 46.4 Å². The van der Waals surface area contributed by atoms with Gasteiger partial charge in [0.05, 0.1) is 28.8 Å². The molecule has 5 nitrogen and oxygen atoms in total. The van der Waals surface area contributed by atoms with Crippen LogP contribution in [0.25, 0.3) is 16.3 Å². The first-order valence-electron chi connectivity index (χ1n) is 8.32. The fourth-order valence-corrected chi connectivity index (χ4v) is 3.74. The maximum absolute atomic E-state index is 13.1. The number of amides is 1. The Balaban J connectivity index is 1.75. The van der Waals surface area contributed by atoms with E-state index in [9.17, 15) is 4.79 Å². The standard InChI is InChI=1S/C19H19N3O2S/c1-14-12-21(9-10-24-14)19(23)16-13-22(15-6-3-2-4-7-15)20-18(16)17-8-5-11-25-17/h2-8,11,13-14H,9-10,12H2,1H3/t14-/m0/s1. The predicted molar refractivity (Wildman–Crippen MR) is 98.2 cm³/mol. The van der Waals surface area contributed by atoms with Crippen LogP contribution in [0.4, 0.5) is 0 Å². The van der Waals surface area contributed by atoms with E-state index in [1.165, 1.54) is 0 Å². The highest BCUT2D eigenvalue weighted by Gasteiger charge is 2.27. The van der Waals surface area contributed by atoms with Gasteiger partial charge in [-0.05, 0) is 30.5 Å². The van der Waals surface area contributed by atoms with Crippen LogP contribution in [0.15, 0.2) is 54.0 Å². The molecule has 2 aromatic heterocycles. The first-order chi connectivity index (χ1) is 12.2. The highest BCUT2D eigenvalue weighted by molar-refractivity contribution is 7.13. The molecule has 0 bridgehead atoms. The second-order valence-electron chi connectivity index (χ2n) is 6.08. The van der Waals surface area contributed by atoms with Crippen LogP contribution in [0.5, 0.6) is 0 Å². The van der Waals surface area contributed by atoms with E-state index < -0.39 is 0 Å². The van der Waals surface area contributed by atoms with E-state index in [4.69, 9.17) is 9.84 Å². The van der Waals surface area contributed by atoms with Crippen LogP contribution >= 0.6 is 11.3 Å². The zero-order valence-electron chi connectivity index (χ0n) is 14.0. The molecular formula is C19H19N3O2S. The van der Waals surface area contributed by atoms with Gasteiger partial charge in [0.1, 0.15) is 5.69 Å². The lowest BCUT2D eigenvalue weighted by Crippen LogP contribution is -2.44. The number of aromatic nitrogens is 2. The van der Waals surface area contributed by atoms with Crippen LogP contribution in [0.3, 0.4) is 0 Å². The van der Waals surface area contributed by atoms with Gasteiger partial charge in [0.15, 0.2) is 0 Å². The van der Waals surface area contributed by atoms with Crippen LogP contribution in [0, 0.1) is 0 Å². The van der Waals surface area contributed by atoms with Crippen LogP contribution in [0.1, 0.15) is 17.3 Å². The zero-order chi connectivity index (χ0) is 17.2. The number of rotatable bonds is 3. The molecule has 25 heavy (non-hydrogen) atoms. The summed E-state index contributed by atoms with van der Waals surface area (Å²) in [6.45, 7) is 3.80. The first kappa shape index (κ1) is 16.1. The number of ether oxygens (including phenoxy) is 1. The molecule has 0 saturated carbocycles. The zero-order valence-corrected chi connectivity index (χ0v) is 14.8. The van der Waals surface area contributed by atoms with Crippen LogP contribution in [0.2, 0.25) is 0 Å². The van der Waals surface area contributed by atoms with E-state index in [-0.39, 0.29) is 12.0 Å². The molecule has 0 unspecified atom stereocenters. The van der Waals surface area contributed by atoms with Crippen molar-refractivity contribution in [2.24, 2.45) is 0 Å². The van der Waals surface area contributed by atoms with E-state index in [0.29, 0.717) is 25.3 Å². The number of morpholine rings is 1. The van der Waals surface area contributed by atoms with Gasteiger partial charge < -0.3 is 9.64 Å². The van der Waals surface area contributed by atoms with Crippen molar-refractivity contribution >= 4 is 17.2 Å². The monoisotopic (exact) mass is 353 g/mol. The molecule has 1 atom stereocenters. The summed E-state index contributed by atoms with van der Waals surface area (Å²) < 4.78 is 7.34. The molecule has 1 aliphatic rings. The number of thiophene rings is 1. The minimum absolute atomic E-state index is 0.0146. The van der Waals surface area contributed by atoms with E-state index in [1.54, 1.807) is 16.0 Å². The minimum atomic E-state index is 0.0146. The molecule has 1 aliphatic heterocycles. The third kappa shape index (κ3) is 3.23. The van der Waals surface area contributed by atoms with E-state index >= 15 is 0 Å². The molecule has 1 aromatic carbocycles. The topological polar surface area (TPSA) is 47.4 Å². The highest BCUT2D eigenvalue weighted by Crippen LogP contribution is 2.29. The molecule has 1 fully saturated rings. The molecule has 1 saturated heterocycles. The van der Waals surface area contributed by atoms with Gasteiger partial charge >= 0.3 is 0 Å². The molecule has 6 heteroatoms. The molecule has 128 valence electrons. The average molecular weight is 353 g/mol. The summed E-state index contributed by atoms with van der Waals surface area (Å²) in [5.74, 6) is 0.0146. The summed E-state index contributed by atoms with van der Waals surface area (Å²) in [4.78, 5) is 16.0. The maximum Gasteiger partial charge on any atom is 0.257 e. The smallest absolute Gasteiger partial charge is 0.257 e. The molecule has 0 spiro atoms. The van der Waals surface area contributed by atoms with Crippen LogP contribution in [-0.2, 0) is 4.74 Å². The number of hydrogen-bond acceptors (Lipinski definition) is 4. The molecule has 0 radical (unpaired) electrons. The summed E-state index contributed by atoms with van der Waals surface area (Å²) in [7, 11) is 0. The molecule has 0 aliphatic carbocycles. The van der Waals surface area contributed by atoms with E-state index in [2.05, 4.69) is 0 Å². The van der Waals surface area contributed by atoms with Gasteiger partial charge in [-0.2, -0.15) is 5.10 Å². The Labute approximate surface area is 150 Å². The maximum atomic E-state index is 13.1. The quantitative estimate of drug-likeness (QED) is 0.724. The Hall–Kier alpha value is -2.44. The molecule has 0 N–H and O–H groups in total. The fraction of sp³-hybridized carbons (Fsp3) is 0.263. The highest BCUT2D eigenvalue weighted by atomic mass is 32.1. The van der Waals surface area contributed by atoms with Crippen molar-refractivity contribution in [3.05, 3.63) is 59.6 Å². The Kier molecular flexibility index (Phi) is 4.38. The van der Waals surface area contributed by atoms with Gasteiger partial charge in [0, 0.05) is 19.3 Å². The minimum Gasteiger partial charge on any atom is -0.375 e. The number of para-hydroxylation sites is 1. The van der Waals surface area contributed by atoms with Gasteiger partial charge in [0.2, 0.25) is 0 Å². The Morgan fingerprint density at radius 1 is 1.24 bits per heavy atom. The number of nitrogens with zero attached hydrogens (tertiary/aromatic N) is 3. The van der Waals surface area contributed by atoms with E-state index in [0.717, 1.165) is 16.3 Å². The van der Waals surface area contributed by atoms with Crippen molar-refractivity contribution in [3.63, 3.8) is 0 Å². The van der Waals surface area contributed by atoms with Crippen molar-refractivity contribution < 1.29 is 9.53 Å².